The third-order valence-corrected chi connectivity index (χ3v) is 10.6. The summed E-state index contributed by atoms with van der Waals surface area (Å²) in [6, 6.07) is 0. The van der Waals surface area contributed by atoms with Crippen molar-refractivity contribution in [1.82, 2.24) is 0 Å². The first-order chi connectivity index (χ1) is 27.3. The van der Waals surface area contributed by atoms with Gasteiger partial charge in [0.05, 0.1) is 26.4 Å². The van der Waals surface area contributed by atoms with E-state index in [1.807, 2.05) is 0 Å². The van der Waals surface area contributed by atoms with E-state index in [2.05, 4.69) is 50.3 Å². The van der Waals surface area contributed by atoms with Gasteiger partial charge in [0.25, 0.3) is 0 Å². The van der Waals surface area contributed by atoms with E-state index in [-0.39, 0.29) is 12.8 Å². The summed E-state index contributed by atoms with van der Waals surface area (Å²) in [5, 5.41) is 19.2. The Kier molecular flexibility index (Phi) is 40.0. The molecule has 3 N–H and O–H groups in total. The summed E-state index contributed by atoms with van der Waals surface area (Å²) in [6.07, 6.45) is 42.5. The number of hydrogen-bond acceptors (Lipinski definition) is 9. The summed E-state index contributed by atoms with van der Waals surface area (Å²) in [5.74, 6) is -1.03. The summed E-state index contributed by atoms with van der Waals surface area (Å²) < 4.78 is 32.6. The van der Waals surface area contributed by atoms with Crippen LogP contribution in [0.5, 0.6) is 0 Å². The highest BCUT2D eigenvalue weighted by atomic mass is 31.2. The van der Waals surface area contributed by atoms with E-state index in [4.69, 9.17) is 18.5 Å². The second kappa shape index (κ2) is 41.4. The van der Waals surface area contributed by atoms with Crippen molar-refractivity contribution in [3.63, 3.8) is 0 Å². The van der Waals surface area contributed by atoms with Crippen LogP contribution in [0.25, 0.3) is 0 Å². The average Bonchev–Trinajstić information content (AvgIpc) is 3.19. The number of unbranched alkanes of at least 4 members (excludes halogenated alkanes) is 22. The zero-order valence-electron chi connectivity index (χ0n) is 35.6. The van der Waals surface area contributed by atoms with Crippen LogP contribution >= 0.6 is 7.82 Å². The molecule has 0 saturated heterocycles. The number of ether oxygens (including phenoxy) is 2. The fourth-order valence-electron chi connectivity index (χ4n) is 6.12. The van der Waals surface area contributed by atoms with Gasteiger partial charge in [-0.2, -0.15) is 0 Å². The normalized spacial score (nSPS) is 14.2. The van der Waals surface area contributed by atoms with Gasteiger partial charge in [0.1, 0.15) is 12.2 Å². The van der Waals surface area contributed by atoms with Crippen molar-refractivity contribution >= 4 is 19.8 Å². The van der Waals surface area contributed by atoms with Crippen LogP contribution in [-0.2, 0) is 32.7 Å². The van der Waals surface area contributed by atoms with Gasteiger partial charge in [0, 0.05) is 12.8 Å². The molecule has 3 unspecified atom stereocenters. The van der Waals surface area contributed by atoms with Gasteiger partial charge in [0.15, 0.2) is 0 Å². The van der Waals surface area contributed by atoms with Crippen molar-refractivity contribution in [3.05, 3.63) is 36.5 Å². The molecule has 11 heteroatoms. The minimum atomic E-state index is -4.64. The number of carbonyl (C=O) groups is 2. The maximum absolute atomic E-state index is 12.4. The number of esters is 2. The molecule has 0 radical (unpaired) electrons. The lowest BCUT2D eigenvalue weighted by molar-refractivity contribution is -0.153. The maximum atomic E-state index is 12.4. The lowest BCUT2D eigenvalue weighted by Crippen LogP contribution is -2.28. The van der Waals surface area contributed by atoms with Crippen LogP contribution in [0, 0.1) is 0 Å². The quantitative estimate of drug-likeness (QED) is 0.0235. The number of allylic oxidation sites excluding steroid dienone is 6. The topological polar surface area (TPSA) is 149 Å². The largest absolute Gasteiger partial charge is 0.472 e. The molecule has 0 aromatic heterocycles. The number of rotatable bonds is 42. The van der Waals surface area contributed by atoms with E-state index in [0.717, 1.165) is 70.6 Å². The molecule has 0 saturated carbocycles. The van der Waals surface area contributed by atoms with E-state index >= 15 is 0 Å². The van der Waals surface area contributed by atoms with Gasteiger partial charge in [-0.3, -0.25) is 18.6 Å². The van der Waals surface area contributed by atoms with Crippen LogP contribution in [0.3, 0.4) is 0 Å². The van der Waals surface area contributed by atoms with E-state index in [0.29, 0.717) is 12.8 Å². The Bertz CT molecular complexity index is 1030. The van der Waals surface area contributed by atoms with Gasteiger partial charge in [-0.05, 0) is 51.4 Å². The van der Waals surface area contributed by atoms with Gasteiger partial charge in [0.2, 0.25) is 0 Å². The van der Waals surface area contributed by atoms with Gasteiger partial charge in [-0.15, -0.1) is 0 Å². The molecule has 0 aromatic carbocycles. The van der Waals surface area contributed by atoms with Crippen molar-refractivity contribution in [3.8, 4) is 0 Å². The molecule has 0 aromatic rings. The predicted octanol–water partition coefficient (Wildman–Crippen LogP) is 11.9. The van der Waals surface area contributed by atoms with Crippen LogP contribution in [0.4, 0.5) is 0 Å². The summed E-state index contributed by atoms with van der Waals surface area (Å²) in [7, 11) is -4.64. The molecule has 0 spiro atoms. The first-order valence-corrected chi connectivity index (χ1v) is 23.9. The Balaban J connectivity index is 3.92. The molecule has 56 heavy (non-hydrogen) atoms. The van der Waals surface area contributed by atoms with E-state index in [1.54, 1.807) is 0 Å². The third kappa shape index (κ3) is 39.0. The lowest BCUT2D eigenvalue weighted by Gasteiger charge is -2.20. The highest BCUT2D eigenvalue weighted by Crippen LogP contribution is 2.43. The maximum Gasteiger partial charge on any atom is 0.472 e. The molecule has 0 fully saturated rings. The highest BCUT2D eigenvalue weighted by Gasteiger charge is 2.27. The Labute approximate surface area is 341 Å². The first-order valence-electron chi connectivity index (χ1n) is 22.4. The monoisotopic (exact) mass is 815 g/mol. The van der Waals surface area contributed by atoms with Gasteiger partial charge in [-0.25, -0.2) is 4.57 Å². The Morgan fingerprint density at radius 2 is 0.786 bits per heavy atom. The fraction of sp³-hybridized carbons (Fsp3) is 0.822. The minimum Gasteiger partial charge on any atom is -0.457 e. The standard InChI is InChI=1S/C45H83O10P/c1-3-5-7-9-11-13-15-17-19-20-21-22-23-25-27-29-31-33-35-37-45(49)55-43(39-47)41-53-56(50,51)52-40-42(38-46)54-44(48)36-34-32-30-28-26-24-18-16-14-12-10-8-6-4-2/h11,13,17,19,21-22,42-43,46-47H,3-10,12,14-16,18,20,23-41H2,1-2H3,(H,50,51)/b13-11-,19-17-,22-21-. The van der Waals surface area contributed by atoms with Crippen LogP contribution in [-0.4, -0.2) is 65.7 Å². The molecule has 328 valence electrons. The Morgan fingerprint density at radius 1 is 0.482 bits per heavy atom. The number of carbonyl (C=O) groups excluding carboxylic acids is 2. The predicted molar refractivity (Wildman–Crippen MR) is 228 cm³/mol. The SMILES string of the molecule is CCCCC/C=C\C/C=C\C/C=C\CCCCCCCCC(=O)OC(CO)COP(=O)(O)OCC(CO)OC(=O)CCCCCCCCCCCCCCCC. The van der Waals surface area contributed by atoms with Crippen LogP contribution in [0.1, 0.15) is 200 Å². The summed E-state index contributed by atoms with van der Waals surface area (Å²) in [5.41, 5.74) is 0. The smallest absolute Gasteiger partial charge is 0.457 e. The zero-order chi connectivity index (χ0) is 41.2. The zero-order valence-corrected chi connectivity index (χ0v) is 36.5. The van der Waals surface area contributed by atoms with Gasteiger partial charge < -0.3 is 24.6 Å². The van der Waals surface area contributed by atoms with Crippen molar-refractivity contribution in [2.75, 3.05) is 26.4 Å². The highest BCUT2D eigenvalue weighted by molar-refractivity contribution is 7.47. The molecule has 0 bridgehead atoms. The van der Waals surface area contributed by atoms with E-state index in [1.165, 1.54) is 89.9 Å². The first kappa shape index (κ1) is 54.2. The fourth-order valence-corrected chi connectivity index (χ4v) is 6.91. The molecule has 0 aliphatic carbocycles. The van der Waals surface area contributed by atoms with Crippen molar-refractivity contribution in [2.45, 2.75) is 212 Å². The second-order valence-corrected chi connectivity index (χ2v) is 16.5. The van der Waals surface area contributed by atoms with Crippen LogP contribution in [0.15, 0.2) is 36.5 Å². The van der Waals surface area contributed by atoms with Crippen LogP contribution < -0.4 is 0 Å². The summed E-state index contributed by atoms with van der Waals surface area (Å²) in [6.45, 7) is 2.18. The van der Waals surface area contributed by atoms with Crippen molar-refractivity contribution < 1.29 is 47.8 Å². The molecular formula is C45H83O10P. The molecule has 0 aliphatic heterocycles. The molecule has 0 heterocycles. The summed E-state index contributed by atoms with van der Waals surface area (Å²) >= 11 is 0. The minimum absolute atomic E-state index is 0.178. The second-order valence-electron chi connectivity index (χ2n) is 15.0. The number of aliphatic hydroxyl groups is 2. The number of phosphoric acid groups is 1. The lowest BCUT2D eigenvalue weighted by atomic mass is 10.0. The van der Waals surface area contributed by atoms with Gasteiger partial charge >= 0.3 is 19.8 Å². The summed E-state index contributed by atoms with van der Waals surface area (Å²) in [4.78, 5) is 34.5. The van der Waals surface area contributed by atoms with Crippen molar-refractivity contribution in [2.24, 2.45) is 0 Å². The van der Waals surface area contributed by atoms with Gasteiger partial charge in [-0.1, -0.05) is 172 Å². The molecule has 3 atom stereocenters. The molecular weight excluding hydrogens is 731 g/mol. The number of aliphatic hydroxyl groups excluding tert-OH is 2. The molecule has 0 rings (SSSR count). The van der Waals surface area contributed by atoms with E-state index in [9.17, 15) is 29.3 Å². The van der Waals surface area contributed by atoms with Crippen molar-refractivity contribution in [1.29, 1.82) is 0 Å². The number of hydrogen-bond donors (Lipinski definition) is 3. The number of phosphoric ester groups is 1. The average molecular weight is 815 g/mol. The van der Waals surface area contributed by atoms with E-state index < -0.39 is 58.4 Å². The van der Waals surface area contributed by atoms with Crippen LogP contribution in [0.2, 0.25) is 0 Å². The third-order valence-electron chi connectivity index (χ3n) is 9.61. The molecule has 0 aliphatic rings. The Hall–Kier alpha value is -1.81. The Morgan fingerprint density at radius 3 is 1.16 bits per heavy atom. The molecule has 0 amide bonds. The molecule has 10 nitrogen and oxygen atoms in total.